The zero-order valence-corrected chi connectivity index (χ0v) is 23.3. The maximum absolute atomic E-state index is 14.0. The van der Waals surface area contributed by atoms with Gasteiger partial charge in [0.05, 0.1) is 10.7 Å². The van der Waals surface area contributed by atoms with E-state index >= 15 is 0 Å². The molecule has 3 aromatic rings. The van der Waals surface area contributed by atoms with Crippen molar-refractivity contribution in [1.29, 1.82) is 0 Å². The number of hydrogen-bond acceptors (Lipinski definition) is 6. The summed E-state index contributed by atoms with van der Waals surface area (Å²) in [4.78, 5) is 29.1. The van der Waals surface area contributed by atoms with E-state index in [-0.39, 0.29) is 30.0 Å². The number of nitrogens with zero attached hydrogens (tertiary/aromatic N) is 3. The monoisotopic (exact) mass is 557 g/mol. The van der Waals surface area contributed by atoms with Gasteiger partial charge in [0.25, 0.3) is 0 Å². The van der Waals surface area contributed by atoms with Crippen LogP contribution in [0.5, 0.6) is 5.88 Å². The molecule has 9 heteroatoms. The quantitative estimate of drug-likeness (QED) is 0.303. The summed E-state index contributed by atoms with van der Waals surface area (Å²) in [6, 6.07) is 10.8. The SMILES string of the molecule is Cc1ccc(C(=O)COc2c(C(=O)c3ccc(Cl)c(CN4CCSCC4)c3Cl)c(C3CC3)nn2C)cc1. The van der Waals surface area contributed by atoms with Crippen molar-refractivity contribution in [3.63, 3.8) is 0 Å². The van der Waals surface area contributed by atoms with Crippen LogP contribution >= 0.6 is 35.0 Å². The highest BCUT2D eigenvalue weighted by molar-refractivity contribution is 7.99. The number of aryl methyl sites for hydroxylation is 2. The molecule has 1 saturated heterocycles. The van der Waals surface area contributed by atoms with Crippen LogP contribution in [0.4, 0.5) is 0 Å². The molecule has 1 saturated carbocycles. The van der Waals surface area contributed by atoms with Crippen LogP contribution < -0.4 is 4.74 Å². The van der Waals surface area contributed by atoms with E-state index in [4.69, 9.17) is 27.9 Å². The van der Waals surface area contributed by atoms with Crippen LogP contribution in [0.25, 0.3) is 0 Å². The largest absolute Gasteiger partial charge is 0.469 e. The number of thioether (sulfide) groups is 1. The molecule has 0 bridgehead atoms. The minimum absolute atomic E-state index is 0.168. The minimum atomic E-state index is -0.259. The predicted molar refractivity (Wildman–Crippen MR) is 149 cm³/mol. The van der Waals surface area contributed by atoms with Crippen LogP contribution in [0.2, 0.25) is 10.0 Å². The third-order valence-electron chi connectivity index (χ3n) is 6.84. The zero-order valence-electron chi connectivity index (χ0n) is 20.9. The highest BCUT2D eigenvalue weighted by atomic mass is 35.5. The maximum Gasteiger partial charge on any atom is 0.223 e. The number of rotatable bonds is 9. The van der Waals surface area contributed by atoms with E-state index in [1.165, 1.54) is 0 Å². The lowest BCUT2D eigenvalue weighted by atomic mass is 9.99. The molecule has 0 N–H and O–H groups in total. The first-order chi connectivity index (χ1) is 17.8. The second-order valence-corrected chi connectivity index (χ2v) is 11.7. The van der Waals surface area contributed by atoms with Crippen LogP contribution in [0.1, 0.15) is 61.9 Å². The topological polar surface area (TPSA) is 64.4 Å². The van der Waals surface area contributed by atoms with Gasteiger partial charge in [-0.3, -0.25) is 14.5 Å². The van der Waals surface area contributed by atoms with E-state index in [2.05, 4.69) is 10.00 Å². The van der Waals surface area contributed by atoms with Crippen molar-refractivity contribution in [2.24, 2.45) is 7.05 Å². The fourth-order valence-electron chi connectivity index (χ4n) is 4.54. The van der Waals surface area contributed by atoms with Crippen molar-refractivity contribution in [2.75, 3.05) is 31.2 Å². The molecular formula is C28H29Cl2N3O3S. The summed E-state index contributed by atoms with van der Waals surface area (Å²) in [5.74, 6) is 2.19. The lowest BCUT2D eigenvalue weighted by Crippen LogP contribution is -2.32. The number of Topliss-reactive ketones (excluding diaryl/α,β-unsaturated/α-hetero) is 1. The number of carbonyl (C=O) groups is 2. The smallest absolute Gasteiger partial charge is 0.223 e. The first-order valence-corrected chi connectivity index (χ1v) is 14.4. The summed E-state index contributed by atoms with van der Waals surface area (Å²) in [6.07, 6.45) is 1.93. The van der Waals surface area contributed by atoms with E-state index in [0.717, 1.165) is 48.6 Å². The number of ketones is 2. The fraction of sp³-hybridized carbons (Fsp3) is 0.393. The molecule has 0 radical (unpaired) electrons. The number of ether oxygens (including phenoxy) is 1. The fourth-order valence-corrected chi connectivity index (χ4v) is 6.10. The Morgan fingerprint density at radius 3 is 2.46 bits per heavy atom. The van der Waals surface area contributed by atoms with Gasteiger partial charge in [0, 0.05) is 65.8 Å². The summed E-state index contributed by atoms with van der Waals surface area (Å²) in [5.41, 5.74) is 3.85. The molecule has 2 heterocycles. The standard InChI is InChI=1S/C28H29Cl2N3O3S/c1-17-3-5-18(6-4-17)23(34)16-36-28-24(26(19-7-8-19)31-32(28)2)27(35)20-9-10-22(29)21(25(20)30)15-33-11-13-37-14-12-33/h3-6,9-10,19H,7-8,11-16H2,1-2H3. The summed E-state index contributed by atoms with van der Waals surface area (Å²) in [7, 11) is 1.73. The molecule has 0 unspecified atom stereocenters. The summed E-state index contributed by atoms with van der Waals surface area (Å²) in [5, 5.41) is 5.54. The van der Waals surface area contributed by atoms with Gasteiger partial charge in [-0.25, -0.2) is 4.68 Å². The summed E-state index contributed by atoms with van der Waals surface area (Å²) >= 11 is 15.3. The average molecular weight is 559 g/mol. The van der Waals surface area contributed by atoms with Crippen molar-refractivity contribution in [2.45, 2.75) is 32.2 Å². The summed E-state index contributed by atoms with van der Waals surface area (Å²) in [6.45, 7) is 4.28. The van der Waals surface area contributed by atoms with Gasteiger partial charge >= 0.3 is 0 Å². The van der Waals surface area contributed by atoms with Crippen molar-refractivity contribution >= 4 is 46.5 Å². The molecule has 2 aliphatic rings. The molecule has 2 aromatic carbocycles. The first kappa shape index (κ1) is 26.3. The Morgan fingerprint density at radius 2 is 1.78 bits per heavy atom. The third-order valence-corrected chi connectivity index (χ3v) is 8.57. The minimum Gasteiger partial charge on any atom is -0.469 e. The van der Waals surface area contributed by atoms with Crippen molar-refractivity contribution in [3.05, 3.63) is 80.0 Å². The Kier molecular flexibility index (Phi) is 7.96. The molecule has 5 rings (SSSR count). The highest BCUT2D eigenvalue weighted by Crippen LogP contribution is 2.44. The molecule has 0 atom stereocenters. The van der Waals surface area contributed by atoms with Gasteiger partial charge in [-0.15, -0.1) is 0 Å². The number of carbonyl (C=O) groups excluding carboxylic acids is 2. The number of benzene rings is 2. The Labute approximate surface area is 231 Å². The third kappa shape index (κ3) is 5.75. The van der Waals surface area contributed by atoms with E-state index in [0.29, 0.717) is 39.0 Å². The lowest BCUT2D eigenvalue weighted by molar-refractivity contribution is 0.0908. The molecular weight excluding hydrogens is 529 g/mol. The van der Waals surface area contributed by atoms with Crippen molar-refractivity contribution in [3.8, 4) is 5.88 Å². The molecule has 1 aliphatic heterocycles. The maximum atomic E-state index is 14.0. The Morgan fingerprint density at radius 1 is 1.08 bits per heavy atom. The van der Waals surface area contributed by atoms with Crippen LogP contribution in [-0.4, -0.2) is 57.4 Å². The molecule has 1 aromatic heterocycles. The van der Waals surface area contributed by atoms with E-state index in [9.17, 15) is 9.59 Å². The van der Waals surface area contributed by atoms with Gasteiger partial charge in [0.1, 0.15) is 5.56 Å². The van der Waals surface area contributed by atoms with Crippen LogP contribution in [-0.2, 0) is 13.6 Å². The number of halogens is 2. The molecule has 37 heavy (non-hydrogen) atoms. The zero-order chi connectivity index (χ0) is 26.1. The second-order valence-electron chi connectivity index (χ2n) is 9.65. The molecule has 6 nitrogen and oxygen atoms in total. The summed E-state index contributed by atoms with van der Waals surface area (Å²) < 4.78 is 7.54. The average Bonchev–Trinajstić information content (AvgIpc) is 3.69. The van der Waals surface area contributed by atoms with Crippen molar-refractivity contribution < 1.29 is 14.3 Å². The van der Waals surface area contributed by atoms with Crippen LogP contribution in [0.3, 0.4) is 0 Å². The normalized spacial score (nSPS) is 16.1. The van der Waals surface area contributed by atoms with E-state index in [1.54, 1.807) is 36.0 Å². The van der Waals surface area contributed by atoms with E-state index < -0.39 is 0 Å². The molecule has 2 fully saturated rings. The lowest BCUT2D eigenvalue weighted by Gasteiger charge is -2.27. The highest BCUT2D eigenvalue weighted by Gasteiger charge is 2.36. The molecule has 0 spiro atoms. The first-order valence-electron chi connectivity index (χ1n) is 12.4. The number of aromatic nitrogens is 2. The van der Waals surface area contributed by atoms with Gasteiger partial charge in [0.2, 0.25) is 11.7 Å². The van der Waals surface area contributed by atoms with Crippen LogP contribution in [0.15, 0.2) is 36.4 Å². The van der Waals surface area contributed by atoms with Crippen molar-refractivity contribution in [1.82, 2.24) is 14.7 Å². The Hall–Kier alpha value is -2.32. The van der Waals surface area contributed by atoms with Gasteiger partial charge in [-0.1, -0.05) is 53.0 Å². The Balaban J connectivity index is 1.45. The predicted octanol–water partition coefficient (Wildman–Crippen LogP) is 5.95. The Bertz CT molecular complexity index is 1330. The molecule has 0 amide bonds. The van der Waals surface area contributed by atoms with Crippen LogP contribution in [0, 0.1) is 6.92 Å². The van der Waals surface area contributed by atoms with Gasteiger partial charge in [-0.05, 0) is 31.9 Å². The van der Waals surface area contributed by atoms with Gasteiger partial charge in [0.15, 0.2) is 12.4 Å². The molecule has 194 valence electrons. The van der Waals surface area contributed by atoms with Gasteiger partial charge in [-0.2, -0.15) is 16.9 Å². The van der Waals surface area contributed by atoms with Gasteiger partial charge < -0.3 is 4.74 Å². The number of hydrogen-bond donors (Lipinski definition) is 0. The second kappa shape index (κ2) is 11.2. The van der Waals surface area contributed by atoms with E-state index in [1.807, 2.05) is 30.8 Å². The molecule has 1 aliphatic carbocycles.